The van der Waals surface area contributed by atoms with Crippen LogP contribution < -0.4 is 16.2 Å². The van der Waals surface area contributed by atoms with Crippen molar-refractivity contribution in [2.24, 2.45) is 10.9 Å². The molecule has 8 nitrogen and oxygen atoms in total. The minimum atomic E-state index is -3.74. The largest absolute Gasteiger partial charge is 0.406 e. The average molecular weight is 269 g/mol. The van der Waals surface area contributed by atoms with Crippen molar-refractivity contribution < 1.29 is 12.8 Å². The minimum absolute atomic E-state index is 0.00827. The Kier molecular flexibility index (Phi) is 3.28. The summed E-state index contributed by atoms with van der Waals surface area (Å²) in [5.41, 5.74) is 5.78. The van der Waals surface area contributed by atoms with E-state index in [0.717, 1.165) is 0 Å². The molecule has 1 aromatic heterocycles. The number of nitrogens with zero attached hydrogens (tertiary/aromatic N) is 2. The van der Waals surface area contributed by atoms with E-state index in [0.29, 0.717) is 5.69 Å². The van der Waals surface area contributed by atoms with Crippen LogP contribution in [0.4, 0.5) is 11.7 Å². The molecule has 1 heterocycles. The fourth-order valence-corrected chi connectivity index (χ4v) is 1.82. The number of aromatic nitrogens is 2. The molecule has 0 saturated heterocycles. The van der Waals surface area contributed by atoms with Crippen LogP contribution >= 0.6 is 0 Å². The Morgan fingerprint density at radius 2 is 2.11 bits per heavy atom. The van der Waals surface area contributed by atoms with Crippen LogP contribution in [0.2, 0.25) is 0 Å². The molecule has 0 amide bonds. The number of rotatable bonds is 4. The Morgan fingerprint density at radius 3 is 2.72 bits per heavy atom. The van der Waals surface area contributed by atoms with Crippen molar-refractivity contribution in [3.8, 4) is 0 Å². The summed E-state index contributed by atoms with van der Waals surface area (Å²) in [5.74, 6) is 0.278. The lowest BCUT2D eigenvalue weighted by Gasteiger charge is -2.03. The van der Waals surface area contributed by atoms with Gasteiger partial charge >= 0.3 is 6.01 Å². The van der Waals surface area contributed by atoms with Gasteiger partial charge in [0.05, 0.1) is 11.4 Å². The first-order valence-electron chi connectivity index (χ1n) is 4.91. The number of sulfonamides is 1. The molecule has 2 rings (SSSR count). The van der Waals surface area contributed by atoms with Gasteiger partial charge < -0.3 is 15.5 Å². The highest BCUT2D eigenvalue weighted by atomic mass is 32.2. The Bertz CT molecular complexity index is 652. The molecule has 0 aliphatic heterocycles. The van der Waals surface area contributed by atoms with Gasteiger partial charge in [-0.3, -0.25) is 0 Å². The average Bonchev–Trinajstić information content (AvgIpc) is 2.76. The molecule has 5 N–H and O–H groups in total. The third kappa shape index (κ3) is 2.83. The van der Waals surface area contributed by atoms with E-state index in [4.69, 9.17) is 15.3 Å². The molecule has 2 aromatic rings. The lowest BCUT2D eigenvalue weighted by atomic mass is 10.3. The molecule has 1 aromatic carbocycles. The van der Waals surface area contributed by atoms with Crippen molar-refractivity contribution in [2.75, 3.05) is 5.32 Å². The molecular weight excluding hydrogens is 258 g/mol. The number of benzene rings is 1. The van der Waals surface area contributed by atoms with Gasteiger partial charge in [0.15, 0.2) is 0 Å². The van der Waals surface area contributed by atoms with Crippen molar-refractivity contribution in [1.29, 1.82) is 0 Å². The number of nitrogens with one attached hydrogen (secondary N) is 1. The van der Waals surface area contributed by atoms with Crippen LogP contribution in [0.25, 0.3) is 0 Å². The quantitative estimate of drug-likeness (QED) is 0.705. The smallest absolute Gasteiger partial charge is 0.320 e. The summed E-state index contributed by atoms with van der Waals surface area (Å²) in [6.07, 6.45) is 0. The van der Waals surface area contributed by atoms with E-state index in [-0.39, 0.29) is 23.3 Å². The molecule has 0 bridgehead atoms. The van der Waals surface area contributed by atoms with E-state index in [2.05, 4.69) is 15.5 Å². The van der Waals surface area contributed by atoms with Gasteiger partial charge in [0, 0.05) is 5.69 Å². The summed E-state index contributed by atoms with van der Waals surface area (Å²) in [7, 11) is -3.74. The number of primary sulfonamides is 1. The van der Waals surface area contributed by atoms with Crippen molar-refractivity contribution in [2.45, 2.75) is 11.4 Å². The summed E-state index contributed by atoms with van der Waals surface area (Å²) < 4.78 is 27.5. The van der Waals surface area contributed by atoms with Gasteiger partial charge in [0.1, 0.15) is 0 Å². The zero-order chi connectivity index (χ0) is 13.2. The van der Waals surface area contributed by atoms with E-state index in [1.165, 1.54) is 12.1 Å². The van der Waals surface area contributed by atoms with Crippen molar-refractivity contribution in [3.63, 3.8) is 0 Å². The molecule has 9 heteroatoms. The SMILES string of the molecule is NCc1nnc(Nc2cccc(S(N)(=O)=O)c2)o1. The van der Waals surface area contributed by atoms with Gasteiger partial charge in [-0.05, 0) is 18.2 Å². The zero-order valence-electron chi connectivity index (χ0n) is 9.20. The number of nitrogens with two attached hydrogens (primary N) is 2. The molecular formula is C9H11N5O3S. The third-order valence-electron chi connectivity index (χ3n) is 2.06. The van der Waals surface area contributed by atoms with Crippen molar-refractivity contribution >= 4 is 21.7 Å². The molecule has 0 saturated carbocycles. The van der Waals surface area contributed by atoms with E-state index in [9.17, 15) is 8.42 Å². The fourth-order valence-electron chi connectivity index (χ4n) is 1.26. The molecule has 0 unspecified atom stereocenters. The van der Waals surface area contributed by atoms with Gasteiger partial charge in [-0.2, -0.15) is 0 Å². The summed E-state index contributed by atoms with van der Waals surface area (Å²) in [4.78, 5) is -0.00827. The van der Waals surface area contributed by atoms with E-state index < -0.39 is 10.0 Å². The van der Waals surface area contributed by atoms with Gasteiger partial charge in [-0.15, -0.1) is 5.10 Å². The van der Waals surface area contributed by atoms with Crippen LogP contribution in [0.15, 0.2) is 33.6 Å². The van der Waals surface area contributed by atoms with Crippen LogP contribution in [0, 0.1) is 0 Å². The molecule has 0 spiro atoms. The standard InChI is InChI=1S/C9H11N5O3S/c10-5-8-13-14-9(17-8)12-6-2-1-3-7(4-6)18(11,15)16/h1-4H,5,10H2,(H,12,14)(H2,11,15,16). The lowest BCUT2D eigenvalue weighted by molar-refractivity contribution is 0.511. The van der Waals surface area contributed by atoms with Gasteiger partial charge in [-0.1, -0.05) is 11.2 Å². The molecule has 18 heavy (non-hydrogen) atoms. The molecule has 0 aliphatic carbocycles. The Labute approximate surface area is 103 Å². The minimum Gasteiger partial charge on any atom is -0.406 e. The second-order valence-corrected chi connectivity index (χ2v) is 4.96. The van der Waals surface area contributed by atoms with Gasteiger partial charge in [0.2, 0.25) is 15.9 Å². The Hall–Kier alpha value is -1.97. The maximum atomic E-state index is 11.2. The number of hydrogen-bond donors (Lipinski definition) is 3. The molecule has 0 fully saturated rings. The first-order chi connectivity index (χ1) is 8.49. The normalized spacial score (nSPS) is 11.4. The molecule has 96 valence electrons. The Balaban J connectivity index is 2.24. The molecule has 0 aliphatic rings. The van der Waals surface area contributed by atoms with E-state index >= 15 is 0 Å². The maximum absolute atomic E-state index is 11.2. The van der Waals surface area contributed by atoms with Crippen LogP contribution in [0.3, 0.4) is 0 Å². The Morgan fingerprint density at radius 1 is 1.33 bits per heavy atom. The lowest BCUT2D eigenvalue weighted by Crippen LogP contribution is -2.12. The van der Waals surface area contributed by atoms with Crippen LogP contribution in [-0.2, 0) is 16.6 Å². The highest BCUT2D eigenvalue weighted by Gasteiger charge is 2.09. The topological polar surface area (TPSA) is 137 Å². The van der Waals surface area contributed by atoms with Crippen LogP contribution in [0.1, 0.15) is 5.89 Å². The summed E-state index contributed by atoms with van der Waals surface area (Å²) in [6, 6.07) is 6.06. The van der Waals surface area contributed by atoms with Crippen molar-refractivity contribution in [3.05, 3.63) is 30.2 Å². The van der Waals surface area contributed by atoms with Gasteiger partial charge in [-0.25, -0.2) is 13.6 Å². The predicted octanol–water partition coefficient (Wildman–Crippen LogP) is -0.0807. The second kappa shape index (κ2) is 4.72. The van der Waals surface area contributed by atoms with Crippen molar-refractivity contribution in [1.82, 2.24) is 10.2 Å². The monoisotopic (exact) mass is 269 g/mol. The molecule has 0 atom stereocenters. The maximum Gasteiger partial charge on any atom is 0.320 e. The first kappa shape index (κ1) is 12.5. The summed E-state index contributed by atoms with van der Waals surface area (Å²) in [6.45, 7) is 0.131. The number of anilines is 2. The third-order valence-corrected chi connectivity index (χ3v) is 2.97. The fraction of sp³-hybridized carbons (Fsp3) is 0.111. The van der Waals surface area contributed by atoms with E-state index in [1.807, 2.05) is 0 Å². The second-order valence-electron chi connectivity index (χ2n) is 3.40. The first-order valence-corrected chi connectivity index (χ1v) is 6.46. The zero-order valence-corrected chi connectivity index (χ0v) is 10.0. The van der Waals surface area contributed by atoms with Crippen LogP contribution in [-0.4, -0.2) is 18.6 Å². The number of hydrogen-bond acceptors (Lipinski definition) is 7. The highest BCUT2D eigenvalue weighted by molar-refractivity contribution is 7.89. The van der Waals surface area contributed by atoms with Gasteiger partial charge in [0.25, 0.3) is 0 Å². The highest BCUT2D eigenvalue weighted by Crippen LogP contribution is 2.18. The van der Waals surface area contributed by atoms with Crippen LogP contribution in [0.5, 0.6) is 0 Å². The van der Waals surface area contributed by atoms with E-state index in [1.54, 1.807) is 12.1 Å². The summed E-state index contributed by atoms with van der Waals surface area (Å²) in [5, 5.41) is 15.1. The predicted molar refractivity (Wildman–Crippen MR) is 63.3 cm³/mol. The molecule has 0 radical (unpaired) electrons. The summed E-state index contributed by atoms with van der Waals surface area (Å²) >= 11 is 0.